The first kappa shape index (κ1) is 25.2. The fourth-order valence-corrected chi connectivity index (χ4v) is 5.33. The van der Waals surface area contributed by atoms with Gasteiger partial charge in [-0.3, -0.25) is 10.2 Å². The molecule has 0 aliphatic rings. The second-order valence-electron chi connectivity index (χ2n) is 8.10. The number of carboxylic acid groups (broad SMARTS) is 1. The summed E-state index contributed by atoms with van der Waals surface area (Å²) in [5, 5.41) is 20.6. The molecule has 1 amide bonds. The van der Waals surface area contributed by atoms with Crippen molar-refractivity contribution in [2.45, 2.75) is 18.9 Å². The third-order valence-corrected chi connectivity index (χ3v) is 7.40. The molecule has 3 rings (SSSR count). The lowest BCUT2D eigenvalue weighted by Gasteiger charge is -2.22. The average molecular weight is 479 g/mol. The number of benzene rings is 3. The van der Waals surface area contributed by atoms with Gasteiger partial charge in [0, 0.05) is 12.0 Å². The Morgan fingerprint density at radius 1 is 0.794 bits per heavy atom. The minimum Gasteiger partial charge on any atom is -0.480 e. The largest absolute Gasteiger partial charge is 0.480 e. The summed E-state index contributed by atoms with van der Waals surface area (Å²) < 4.78 is 0. The lowest BCUT2D eigenvalue weighted by molar-refractivity contribution is -0.142. The van der Waals surface area contributed by atoms with Crippen molar-refractivity contribution < 1.29 is 24.5 Å². The van der Waals surface area contributed by atoms with Crippen LogP contribution >= 0.6 is 7.72 Å². The Kier molecular flexibility index (Phi) is 8.66. The van der Waals surface area contributed by atoms with Crippen LogP contribution in [-0.2, 0) is 22.4 Å². The minimum atomic E-state index is -3.96. The zero-order valence-electron chi connectivity index (χ0n) is 18.5. The van der Waals surface area contributed by atoms with E-state index in [1.54, 1.807) is 54.6 Å². The molecule has 0 bridgehead atoms. The third-order valence-electron chi connectivity index (χ3n) is 5.47. The van der Waals surface area contributed by atoms with E-state index in [1.807, 2.05) is 36.4 Å². The normalized spacial score (nSPS) is 13.0. The highest BCUT2D eigenvalue weighted by molar-refractivity contribution is 7.82. The van der Waals surface area contributed by atoms with Gasteiger partial charge in [-0.1, -0.05) is 78.9 Å². The second-order valence-corrected chi connectivity index (χ2v) is 10.4. The van der Waals surface area contributed by atoms with E-state index < -0.39 is 31.6 Å². The summed E-state index contributed by atoms with van der Waals surface area (Å²) in [7, 11) is -3.96. The van der Waals surface area contributed by atoms with Gasteiger partial charge in [-0.15, -0.1) is 0 Å². The number of rotatable bonds is 11. The Bertz CT molecular complexity index is 1110. The molecule has 7 nitrogen and oxygen atoms in total. The van der Waals surface area contributed by atoms with E-state index in [4.69, 9.17) is 5.41 Å². The van der Waals surface area contributed by atoms with Crippen molar-refractivity contribution in [1.29, 1.82) is 5.41 Å². The molecule has 0 aliphatic heterocycles. The molecule has 0 aliphatic carbocycles. The molecule has 0 radical (unpaired) electrons. The number of hydrogen-bond acceptors (Lipinski definition) is 5. The van der Waals surface area contributed by atoms with Crippen molar-refractivity contribution in [3.8, 4) is 0 Å². The van der Waals surface area contributed by atoms with Crippen molar-refractivity contribution in [2.24, 2.45) is 5.92 Å². The molecule has 0 saturated carbocycles. The van der Waals surface area contributed by atoms with Crippen LogP contribution in [0.5, 0.6) is 0 Å². The van der Waals surface area contributed by atoms with Crippen LogP contribution in [0, 0.1) is 11.3 Å². The van der Waals surface area contributed by atoms with E-state index in [0.29, 0.717) is 5.56 Å². The Hall–Kier alpha value is -3.38. The van der Waals surface area contributed by atoms with Gasteiger partial charge in [0.1, 0.15) is 12.2 Å². The molecule has 0 spiro atoms. The molecule has 0 heterocycles. The molecule has 0 aromatic heterocycles. The van der Waals surface area contributed by atoms with Crippen LogP contribution in [0.15, 0.2) is 91.0 Å². The van der Waals surface area contributed by atoms with Gasteiger partial charge in [0.05, 0.1) is 5.92 Å². The van der Waals surface area contributed by atoms with Gasteiger partial charge < -0.3 is 10.4 Å². The molecule has 3 aromatic carbocycles. The molecular weight excluding hydrogens is 451 g/mol. The van der Waals surface area contributed by atoms with Crippen molar-refractivity contribution in [3.05, 3.63) is 108 Å². The Morgan fingerprint density at radius 2 is 1.26 bits per heavy atom. The van der Waals surface area contributed by atoms with Crippen molar-refractivity contribution in [3.63, 3.8) is 0 Å². The van der Waals surface area contributed by atoms with Gasteiger partial charge in [0.25, 0.3) is 0 Å². The molecule has 34 heavy (non-hydrogen) atoms. The van der Waals surface area contributed by atoms with E-state index >= 15 is 0 Å². The van der Waals surface area contributed by atoms with Crippen LogP contribution in [0.25, 0.3) is 0 Å². The van der Waals surface area contributed by atoms with E-state index in [-0.39, 0.29) is 24.5 Å². The lowest BCUT2D eigenvalue weighted by atomic mass is 9.99. The Labute approximate surface area is 199 Å². The first-order valence-electron chi connectivity index (χ1n) is 10.9. The molecule has 5 N–H and O–H groups in total. The summed E-state index contributed by atoms with van der Waals surface area (Å²) in [6, 6.07) is 25.2. The zero-order valence-corrected chi connectivity index (χ0v) is 19.4. The van der Waals surface area contributed by atoms with Gasteiger partial charge in [0.2, 0.25) is 11.4 Å². The van der Waals surface area contributed by atoms with Crippen LogP contribution < -0.4 is 5.32 Å². The maximum atomic E-state index is 13.2. The maximum absolute atomic E-state index is 13.2. The first-order chi connectivity index (χ1) is 16.3. The van der Waals surface area contributed by atoms with E-state index in [0.717, 1.165) is 11.1 Å². The lowest BCUT2D eigenvalue weighted by Crippen LogP contribution is -2.46. The van der Waals surface area contributed by atoms with E-state index in [9.17, 15) is 24.5 Å². The maximum Gasteiger partial charge on any atom is 0.326 e. The highest BCUT2D eigenvalue weighted by Crippen LogP contribution is 2.54. The van der Waals surface area contributed by atoms with Crippen LogP contribution in [0.4, 0.5) is 0 Å². The SMILES string of the molecule is N=C(c1ccccc1)[P+](O)(O)CC(Cc1ccccc1)C(=O)NC(Cc1ccccc1)C(=O)O. The highest BCUT2D eigenvalue weighted by Gasteiger charge is 2.45. The molecule has 3 aromatic rings. The summed E-state index contributed by atoms with van der Waals surface area (Å²) in [5.41, 5.74) is 1.60. The number of aliphatic carboxylic acids is 1. The number of carbonyl (C=O) groups excluding carboxylic acids is 1. The number of nitrogens with one attached hydrogen (secondary N) is 2. The van der Waals surface area contributed by atoms with Crippen LogP contribution in [0.2, 0.25) is 0 Å². The summed E-state index contributed by atoms with van der Waals surface area (Å²) in [5.74, 6) is -2.71. The zero-order chi connectivity index (χ0) is 24.6. The van der Waals surface area contributed by atoms with Crippen molar-refractivity contribution in [2.75, 3.05) is 6.16 Å². The molecule has 2 unspecified atom stereocenters. The summed E-state index contributed by atoms with van der Waals surface area (Å²) in [4.78, 5) is 46.8. The number of amides is 1. The molecule has 8 heteroatoms. The topological polar surface area (TPSA) is 131 Å². The summed E-state index contributed by atoms with van der Waals surface area (Å²) >= 11 is 0. The number of carboxylic acids is 1. The van der Waals surface area contributed by atoms with Crippen LogP contribution in [0.3, 0.4) is 0 Å². The van der Waals surface area contributed by atoms with Crippen LogP contribution in [0.1, 0.15) is 16.7 Å². The van der Waals surface area contributed by atoms with Crippen LogP contribution in [-0.4, -0.2) is 44.4 Å². The predicted octanol–water partition coefficient (Wildman–Crippen LogP) is 3.52. The Morgan fingerprint density at radius 3 is 1.76 bits per heavy atom. The quantitative estimate of drug-likeness (QED) is 0.212. The van der Waals surface area contributed by atoms with Gasteiger partial charge >= 0.3 is 13.7 Å². The monoisotopic (exact) mass is 479 g/mol. The molecule has 176 valence electrons. The summed E-state index contributed by atoms with van der Waals surface area (Å²) in [6.07, 6.45) is -0.0905. The third kappa shape index (κ3) is 7.06. The molecule has 0 saturated heterocycles. The second kappa shape index (κ2) is 11.7. The predicted molar refractivity (Wildman–Crippen MR) is 133 cm³/mol. The standard InChI is InChI=1S/C26H27N2O5P/c27-24(21-14-8-3-9-15-21)34(32,33)18-22(16-19-10-4-1-5-11-19)25(29)28-23(26(30)31)17-20-12-6-2-7-13-20/h1-15,22-23,27,32-33H,16-18H2,(H-,28,29,30,31)/p+1. The van der Waals surface area contributed by atoms with E-state index in [1.165, 1.54) is 0 Å². The first-order valence-corrected chi connectivity index (χ1v) is 12.7. The Balaban J connectivity index is 1.81. The summed E-state index contributed by atoms with van der Waals surface area (Å²) in [6.45, 7) is 0. The molecular formula is C26H28N2O5P+. The fraction of sp³-hybridized carbons (Fsp3) is 0.192. The van der Waals surface area contributed by atoms with Gasteiger partial charge in [0.15, 0.2) is 0 Å². The molecule has 2 atom stereocenters. The fourth-order valence-electron chi connectivity index (χ4n) is 3.68. The highest BCUT2D eigenvalue weighted by atomic mass is 31.2. The van der Waals surface area contributed by atoms with Crippen molar-refractivity contribution >= 4 is 25.0 Å². The van der Waals surface area contributed by atoms with Gasteiger partial charge in [-0.25, -0.2) is 14.6 Å². The number of carbonyl (C=O) groups is 2. The van der Waals surface area contributed by atoms with Gasteiger partial charge in [-0.2, -0.15) is 0 Å². The molecule has 0 fully saturated rings. The van der Waals surface area contributed by atoms with Gasteiger partial charge in [-0.05, 0) is 29.7 Å². The van der Waals surface area contributed by atoms with Crippen molar-refractivity contribution in [1.82, 2.24) is 5.32 Å². The number of hydrogen-bond donors (Lipinski definition) is 5. The van der Waals surface area contributed by atoms with E-state index in [2.05, 4.69) is 5.32 Å². The minimum absolute atomic E-state index is 0.0956. The average Bonchev–Trinajstić information content (AvgIpc) is 2.84. The smallest absolute Gasteiger partial charge is 0.326 e.